The van der Waals surface area contributed by atoms with Gasteiger partial charge in [-0.3, -0.25) is 9.59 Å². The van der Waals surface area contributed by atoms with Gasteiger partial charge in [-0.15, -0.1) is 0 Å². The van der Waals surface area contributed by atoms with Crippen LogP contribution in [-0.2, 0) is 17.6 Å². The van der Waals surface area contributed by atoms with E-state index >= 15 is 0 Å². The normalized spacial score (nSPS) is 14.5. The lowest BCUT2D eigenvalue weighted by molar-refractivity contribution is -0.130. The fraction of sp³-hybridized carbons (Fsp3) is 0.345. The number of aromatic nitrogens is 1. The molecule has 182 valence electrons. The van der Waals surface area contributed by atoms with Gasteiger partial charge in [-0.2, -0.15) is 0 Å². The van der Waals surface area contributed by atoms with Gasteiger partial charge in [0, 0.05) is 38.4 Å². The Hall–Kier alpha value is -3.67. The van der Waals surface area contributed by atoms with E-state index < -0.39 is 0 Å². The molecule has 1 fully saturated rings. The number of rotatable bonds is 8. The Labute approximate surface area is 208 Å². The number of amides is 2. The van der Waals surface area contributed by atoms with Crippen molar-refractivity contribution in [3.63, 3.8) is 0 Å². The molecule has 1 aliphatic heterocycles. The molecule has 6 heteroatoms. The first kappa shape index (κ1) is 24.5. The maximum atomic E-state index is 12.7. The van der Waals surface area contributed by atoms with E-state index in [1.165, 1.54) is 5.56 Å². The first-order valence-electron chi connectivity index (χ1n) is 12.4. The van der Waals surface area contributed by atoms with E-state index in [1.807, 2.05) is 73.3 Å². The third-order valence-electron chi connectivity index (χ3n) is 6.66. The molecule has 0 bridgehead atoms. The minimum Gasteiger partial charge on any atom is -0.353 e. The minimum absolute atomic E-state index is 0.0765. The SMILES string of the molecule is Cc1ccccc1CC(=O)N1CCN(c2ccc(C(=O)NC(C)CCc3ccccc3)cn2)CC1. The average Bonchev–Trinajstić information content (AvgIpc) is 2.89. The fourth-order valence-corrected chi connectivity index (χ4v) is 4.38. The Bertz CT molecular complexity index is 1120. The Morgan fingerprint density at radius 1 is 0.943 bits per heavy atom. The van der Waals surface area contributed by atoms with Crippen LogP contribution in [0.2, 0.25) is 0 Å². The van der Waals surface area contributed by atoms with Gasteiger partial charge < -0.3 is 15.1 Å². The lowest BCUT2D eigenvalue weighted by Gasteiger charge is -2.35. The van der Waals surface area contributed by atoms with Crippen molar-refractivity contribution < 1.29 is 9.59 Å². The zero-order valence-corrected chi connectivity index (χ0v) is 20.6. The van der Waals surface area contributed by atoms with Crippen LogP contribution >= 0.6 is 0 Å². The highest BCUT2D eigenvalue weighted by Gasteiger charge is 2.22. The molecular formula is C29H34N4O2. The number of hydrogen-bond donors (Lipinski definition) is 1. The van der Waals surface area contributed by atoms with E-state index in [-0.39, 0.29) is 17.9 Å². The first-order chi connectivity index (χ1) is 17.0. The molecule has 1 atom stereocenters. The molecule has 1 aromatic heterocycles. The minimum atomic E-state index is -0.101. The standard InChI is InChI=1S/C29H34N4O2/c1-22-8-6-7-11-25(22)20-28(34)33-18-16-32(17-19-33)27-15-14-26(21-30-27)29(35)31-23(2)12-13-24-9-4-3-5-10-24/h3-11,14-15,21,23H,12-13,16-20H2,1-2H3,(H,31,35). The summed E-state index contributed by atoms with van der Waals surface area (Å²) in [6.45, 7) is 6.88. The van der Waals surface area contributed by atoms with Crippen LogP contribution in [-0.4, -0.2) is 53.9 Å². The number of hydrogen-bond acceptors (Lipinski definition) is 4. The van der Waals surface area contributed by atoms with Gasteiger partial charge in [-0.05, 0) is 55.5 Å². The van der Waals surface area contributed by atoms with Crippen molar-refractivity contribution in [2.45, 2.75) is 39.2 Å². The van der Waals surface area contributed by atoms with Gasteiger partial charge in [0.15, 0.2) is 0 Å². The average molecular weight is 471 g/mol. The molecule has 1 N–H and O–H groups in total. The number of piperazine rings is 1. The number of nitrogens with one attached hydrogen (secondary N) is 1. The van der Waals surface area contributed by atoms with Gasteiger partial charge in [-0.25, -0.2) is 4.98 Å². The Morgan fingerprint density at radius 3 is 2.34 bits per heavy atom. The predicted molar refractivity (Wildman–Crippen MR) is 140 cm³/mol. The molecule has 2 heterocycles. The molecule has 3 aromatic rings. The molecule has 0 spiro atoms. The maximum Gasteiger partial charge on any atom is 0.253 e. The van der Waals surface area contributed by atoms with E-state index in [9.17, 15) is 9.59 Å². The number of nitrogens with zero attached hydrogens (tertiary/aromatic N) is 3. The van der Waals surface area contributed by atoms with Gasteiger partial charge in [0.1, 0.15) is 5.82 Å². The number of carbonyl (C=O) groups is 2. The molecule has 0 saturated carbocycles. The molecule has 0 aliphatic carbocycles. The zero-order valence-electron chi connectivity index (χ0n) is 20.6. The van der Waals surface area contributed by atoms with Crippen molar-refractivity contribution >= 4 is 17.6 Å². The van der Waals surface area contributed by atoms with Gasteiger partial charge in [0.25, 0.3) is 5.91 Å². The zero-order chi connectivity index (χ0) is 24.6. The molecule has 1 saturated heterocycles. The molecule has 1 unspecified atom stereocenters. The Morgan fingerprint density at radius 2 is 1.66 bits per heavy atom. The van der Waals surface area contributed by atoms with Crippen LogP contribution in [0.1, 0.15) is 40.4 Å². The summed E-state index contributed by atoms with van der Waals surface area (Å²) in [6, 6.07) is 22.1. The number of pyridine rings is 1. The lowest BCUT2D eigenvalue weighted by atomic mass is 10.1. The van der Waals surface area contributed by atoms with Gasteiger partial charge in [0.05, 0.1) is 12.0 Å². The van der Waals surface area contributed by atoms with Crippen LogP contribution in [0, 0.1) is 6.92 Å². The van der Waals surface area contributed by atoms with Crippen molar-refractivity contribution in [2.24, 2.45) is 0 Å². The Kier molecular flexibility index (Phi) is 8.14. The molecule has 35 heavy (non-hydrogen) atoms. The van der Waals surface area contributed by atoms with E-state index in [2.05, 4.69) is 27.3 Å². The van der Waals surface area contributed by atoms with Crippen molar-refractivity contribution in [1.29, 1.82) is 0 Å². The summed E-state index contributed by atoms with van der Waals surface area (Å²) in [5, 5.41) is 3.07. The van der Waals surface area contributed by atoms with Gasteiger partial charge in [0.2, 0.25) is 5.91 Å². The monoisotopic (exact) mass is 470 g/mol. The van der Waals surface area contributed by atoms with Crippen LogP contribution in [0.15, 0.2) is 72.9 Å². The van der Waals surface area contributed by atoms with Crippen LogP contribution in [0.3, 0.4) is 0 Å². The smallest absolute Gasteiger partial charge is 0.253 e. The second kappa shape index (κ2) is 11.6. The third-order valence-corrected chi connectivity index (χ3v) is 6.66. The van der Waals surface area contributed by atoms with Crippen molar-refractivity contribution in [3.8, 4) is 0 Å². The maximum absolute atomic E-state index is 12.7. The second-order valence-corrected chi connectivity index (χ2v) is 9.27. The molecule has 1 aliphatic rings. The van der Waals surface area contributed by atoms with Crippen LogP contribution < -0.4 is 10.2 Å². The van der Waals surface area contributed by atoms with E-state index in [1.54, 1.807) is 6.20 Å². The number of benzene rings is 2. The topological polar surface area (TPSA) is 65.5 Å². The summed E-state index contributed by atoms with van der Waals surface area (Å²) in [5.74, 6) is 0.904. The van der Waals surface area contributed by atoms with Crippen molar-refractivity contribution in [2.75, 3.05) is 31.1 Å². The molecule has 6 nitrogen and oxygen atoms in total. The number of carbonyl (C=O) groups excluding carboxylic acids is 2. The predicted octanol–water partition coefficient (Wildman–Crippen LogP) is 4.03. The second-order valence-electron chi connectivity index (χ2n) is 9.27. The molecule has 4 rings (SSSR count). The number of aryl methyl sites for hydroxylation is 2. The summed E-state index contributed by atoms with van der Waals surface area (Å²) >= 11 is 0. The van der Waals surface area contributed by atoms with Crippen molar-refractivity contribution in [3.05, 3.63) is 95.2 Å². The molecule has 2 aromatic carbocycles. The third kappa shape index (κ3) is 6.69. The lowest BCUT2D eigenvalue weighted by Crippen LogP contribution is -2.49. The fourth-order valence-electron chi connectivity index (χ4n) is 4.38. The van der Waals surface area contributed by atoms with E-state index in [0.29, 0.717) is 25.1 Å². The highest BCUT2D eigenvalue weighted by Crippen LogP contribution is 2.16. The van der Waals surface area contributed by atoms with Crippen LogP contribution in [0.5, 0.6) is 0 Å². The van der Waals surface area contributed by atoms with Crippen molar-refractivity contribution in [1.82, 2.24) is 15.2 Å². The van der Waals surface area contributed by atoms with E-state index in [4.69, 9.17) is 0 Å². The van der Waals surface area contributed by atoms with Gasteiger partial charge >= 0.3 is 0 Å². The van der Waals surface area contributed by atoms with Crippen LogP contribution in [0.4, 0.5) is 5.82 Å². The summed E-state index contributed by atoms with van der Waals surface area (Å²) in [4.78, 5) is 34.0. The van der Waals surface area contributed by atoms with Gasteiger partial charge in [-0.1, -0.05) is 54.6 Å². The first-order valence-corrected chi connectivity index (χ1v) is 12.4. The highest BCUT2D eigenvalue weighted by atomic mass is 16.2. The summed E-state index contributed by atoms with van der Waals surface area (Å²) in [6.07, 6.45) is 3.90. The molecule has 2 amide bonds. The molecular weight excluding hydrogens is 436 g/mol. The summed E-state index contributed by atoms with van der Waals surface area (Å²) < 4.78 is 0. The van der Waals surface area contributed by atoms with Crippen LogP contribution in [0.25, 0.3) is 0 Å². The molecule has 0 radical (unpaired) electrons. The summed E-state index contributed by atoms with van der Waals surface area (Å²) in [7, 11) is 0. The quantitative estimate of drug-likeness (QED) is 0.540. The highest BCUT2D eigenvalue weighted by molar-refractivity contribution is 5.94. The van der Waals surface area contributed by atoms with E-state index in [0.717, 1.165) is 42.9 Å². The summed E-state index contributed by atoms with van der Waals surface area (Å²) in [5.41, 5.74) is 4.08. The number of anilines is 1. The Balaban J connectivity index is 1.24. The largest absolute Gasteiger partial charge is 0.353 e.